The van der Waals surface area contributed by atoms with E-state index in [0.29, 0.717) is 12.3 Å². The predicted octanol–water partition coefficient (Wildman–Crippen LogP) is 0.998. The molecule has 19 heavy (non-hydrogen) atoms. The van der Waals surface area contributed by atoms with Crippen molar-refractivity contribution in [3.8, 4) is 0 Å². The molecule has 1 fully saturated rings. The van der Waals surface area contributed by atoms with Gasteiger partial charge < -0.3 is 5.73 Å². The molecule has 1 saturated heterocycles. The van der Waals surface area contributed by atoms with Gasteiger partial charge in [-0.2, -0.15) is 0 Å². The van der Waals surface area contributed by atoms with E-state index in [-0.39, 0.29) is 17.8 Å². The van der Waals surface area contributed by atoms with Crippen molar-refractivity contribution in [2.24, 2.45) is 5.73 Å². The highest BCUT2D eigenvalue weighted by atomic mass is 32.2. The lowest BCUT2D eigenvalue weighted by atomic mass is 10.0. The van der Waals surface area contributed by atoms with Crippen molar-refractivity contribution in [2.45, 2.75) is 32.0 Å². The fraction of sp³-hybridized carbons (Fsp3) is 0.571. The molecule has 104 valence electrons. The lowest BCUT2D eigenvalue weighted by Crippen LogP contribution is -2.37. The summed E-state index contributed by atoms with van der Waals surface area (Å²) < 4.78 is 23.3. The molecule has 2 N–H and O–H groups in total. The van der Waals surface area contributed by atoms with E-state index in [1.54, 1.807) is 0 Å². The zero-order valence-electron chi connectivity index (χ0n) is 11.2. The summed E-state index contributed by atoms with van der Waals surface area (Å²) >= 11 is 0. The molecule has 1 aromatic carbocycles. The first kappa shape index (κ1) is 13.1. The molecule has 2 aliphatic rings. The van der Waals surface area contributed by atoms with E-state index in [9.17, 15) is 8.42 Å². The van der Waals surface area contributed by atoms with Crippen LogP contribution in [0.3, 0.4) is 0 Å². The van der Waals surface area contributed by atoms with Crippen LogP contribution in [-0.4, -0.2) is 37.4 Å². The van der Waals surface area contributed by atoms with E-state index < -0.39 is 9.84 Å². The Balaban J connectivity index is 1.92. The zero-order valence-corrected chi connectivity index (χ0v) is 12.0. The molecule has 0 saturated carbocycles. The van der Waals surface area contributed by atoms with Crippen molar-refractivity contribution in [1.82, 2.24) is 4.90 Å². The van der Waals surface area contributed by atoms with Gasteiger partial charge in [0.05, 0.1) is 11.5 Å². The highest BCUT2D eigenvalue weighted by Gasteiger charge is 2.39. The van der Waals surface area contributed by atoms with Crippen LogP contribution in [0.2, 0.25) is 0 Å². The Morgan fingerprint density at radius 1 is 1.42 bits per heavy atom. The van der Waals surface area contributed by atoms with Gasteiger partial charge in [0.25, 0.3) is 0 Å². The van der Waals surface area contributed by atoms with Gasteiger partial charge in [-0.3, -0.25) is 4.90 Å². The van der Waals surface area contributed by atoms with Crippen LogP contribution in [0.25, 0.3) is 0 Å². The van der Waals surface area contributed by atoms with Crippen LogP contribution in [-0.2, 0) is 16.4 Å². The fourth-order valence-electron chi connectivity index (χ4n) is 3.41. The first-order valence-electron chi connectivity index (χ1n) is 6.76. The summed E-state index contributed by atoms with van der Waals surface area (Å²) in [6, 6.07) is 6.61. The maximum Gasteiger partial charge on any atom is 0.151 e. The smallest absolute Gasteiger partial charge is 0.151 e. The van der Waals surface area contributed by atoms with Gasteiger partial charge in [-0.1, -0.05) is 18.2 Å². The summed E-state index contributed by atoms with van der Waals surface area (Å²) in [6.07, 6.45) is 0.742. The molecule has 0 aromatic heterocycles. The summed E-state index contributed by atoms with van der Waals surface area (Å²) in [5, 5.41) is 0. The van der Waals surface area contributed by atoms with Gasteiger partial charge in [0, 0.05) is 25.2 Å². The first-order chi connectivity index (χ1) is 9.02. The van der Waals surface area contributed by atoms with E-state index in [0.717, 1.165) is 13.0 Å². The van der Waals surface area contributed by atoms with Gasteiger partial charge in [0.1, 0.15) is 0 Å². The number of rotatable bonds is 2. The third kappa shape index (κ3) is 2.20. The van der Waals surface area contributed by atoms with Gasteiger partial charge in [-0.05, 0) is 30.0 Å². The second-order valence-electron chi connectivity index (χ2n) is 5.62. The number of aryl methyl sites for hydroxylation is 1. The van der Waals surface area contributed by atoms with E-state index >= 15 is 0 Å². The second-order valence-corrected chi connectivity index (χ2v) is 7.85. The van der Waals surface area contributed by atoms with Crippen LogP contribution < -0.4 is 5.73 Å². The molecule has 1 aromatic rings. The number of hydrogen-bond acceptors (Lipinski definition) is 4. The zero-order chi connectivity index (χ0) is 13.6. The quantitative estimate of drug-likeness (QED) is 0.878. The summed E-state index contributed by atoms with van der Waals surface area (Å²) in [4.78, 5) is 2.29. The molecule has 0 aliphatic carbocycles. The van der Waals surface area contributed by atoms with Gasteiger partial charge in [-0.25, -0.2) is 8.42 Å². The van der Waals surface area contributed by atoms with Gasteiger partial charge in [-0.15, -0.1) is 0 Å². The molecule has 2 atom stereocenters. The number of benzene rings is 1. The Morgan fingerprint density at radius 2 is 2.21 bits per heavy atom. The van der Waals surface area contributed by atoms with E-state index in [1.165, 1.54) is 16.7 Å². The Morgan fingerprint density at radius 3 is 2.84 bits per heavy atom. The van der Waals surface area contributed by atoms with Crippen molar-refractivity contribution in [3.05, 3.63) is 34.9 Å². The van der Waals surface area contributed by atoms with Crippen molar-refractivity contribution in [2.75, 3.05) is 18.1 Å². The third-order valence-corrected chi connectivity index (χ3v) is 6.20. The number of hydrogen-bond donors (Lipinski definition) is 1. The summed E-state index contributed by atoms with van der Waals surface area (Å²) in [6.45, 7) is 3.50. The Hall–Kier alpha value is -0.910. The largest absolute Gasteiger partial charge is 0.329 e. The molecule has 3 rings (SSSR count). The first-order valence-corrected chi connectivity index (χ1v) is 8.58. The highest BCUT2D eigenvalue weighted by Crippen LogP contribution is 2.38. The van der Waals surface area contributed by atoms with Crippen LogP contribution in [0.4, 0.5) is 0 Å². The topological polar surface area (TPSA) is 63.4 Å². The molecule has 2 aliphatic heterocycles. The van der Waals surface area contributed by atoms with Gasteiger partial charge in [0.2, 0.25) is 0 Å². The van der Waals surface area contributed by atoms with Gasteiger partial charge in [0.15, 0.2) is 9.84 Å². The third-order valence-electron chi connectivity index (χ3n) is 4.45. The molecular formula is C14H20N2O2S. The van der Waals surface area contributed by atoms with Crippen molar-refractivity contribution >= 4 is 9.84 Å². The number of nitrogens with zero attached hydrogens (tertiary/aromatic N) is 1. The molecule has 0 amide bonds. The SMILES string of the molecule is Cc1cccc2c1CN(C1CCS(=O)(=O)C1)C2CN. The molecule has 2 unspecified atom stereocenters. The van der Waals surface area contributed by atoms with E-state index in [1.807, 2.05) is 0 Å². The average Bonchev–Trinajstić information content (AvgIpc) is 2.90. The minimum Gasteiger partial charge on any atom is -0.329 e. The molecular weight excluding hydrogens is 260 g/mol. The Labute approximate surface area is 114 Å². The van der Waals surface area contributed by atoms with Crippen LogP contribution in [0.5, 0.6) is 0 Å². The molecule has 5 heteroatoms. The van der Waals surface area contributed by atoms with Crippen LogP contribution in [0.1, 0.15) is 29.2 Å². The lowest BCUT2D eigenvalue weighted by Gasteiger charge is -2.29. The monoisotopic (exact) mass is 280 g/mol. The minimum atomic E-state index is -2.84. The van der Waals surface area contributed by atoms with E-state index in [4.69, 9.17) is 5.73 Å². The number of nitrogens with two attached hydrogens (primary N) is 1. The Bertz CT molecular complexity index is 597. The predicted molar refractivity (Wildman–Crippen MR) is 75.6 cm³/mol. The molecule has 0 spiro atoms. The van der Waals surface area contributed by atoms with Crippen LogP contribution in [0.15, 0.2) is 18.2 Å². The van der Waals surface area contributed by atoms with Crippen LogP contribution in [0, 0.1) is 6.92 Å². The minimum absolute atomic E-state index is 0.130. The molecule has 4 nitrogen and oxygen atoms in total. The molecule has 0 radical (unpaired) electrons. The normalized spacial score (nSPS) is 29.6. The second kappa shape index (κ2) is 4.58. The number of fused-ring (bicyclic) bond motifs is 1. The summed E-state index contributed by atoms with van der Waals surface area (Å²) in [5.41, 5.74) is 9.83. The maximum atomic E-state index is 11.7. The Kier molecular flexibility index (Phi) is 3.15. The fourth-order valence-corrected chi connectivity index (χ4v) is 5.15. The molecule has 0 bridgehead atoms. The van der Waals surface area contributed by atoms with Crippen molar-refractivity contribution in [1.29, 1.82) is 0 Å². The van der Waals surface area contributed by atoms with Crippen molar-refractivity contribution in [3.63, 3.8) is 0 Å². The van der Waals surface area contributed by atoms with Crippen molar-refractivity contribution < 1.29 is 8.42 Å². The van der Waals surface area contributed by atoms with Gasteiger partial charge >= 0.3 is 0 Å². The van der Waals surface area contributed by atoms with E-state index in [2.05, 4.69) is 30.0 Å². The number of sulfone groups is 1. The lowest BCUT2D eigenvalue weighted by molar-refractivity contribution is 0.164. The summed E-state index contributed by atoms with van der Waals surface area (Å²) in [7, 11) is -2.84. The highest BCUT2D eigenvalue weighted by molar-refractivity contribution is 7.91. The van der Waals surface area contributed by atoms with Crippen LogP contribution >= 0.6 is 0 Å². The summed E-state index contributed by atoms with van der Waals surface area (Å²) in [5.74, 6) is 0.608. The average molecular weight is 280 g/mol. The standard InChI is InChI=1S/C14H20N2O2S/c1-10-3-2-4-12-13(10)8-16(14(12)7-15)11-5-6-19(17,18)9-11/h2-4,11,14H,5-9,15H2,1H3. The maximum absolute atomic E-state index is 11.7. The molecule has 2 heterocycles.